The van der Waals surface area contributed by atoms with Crippen molar-refractivity contribution in [3.63, 3.8) is 0 Å². The molecule has 136 valence electrons. The number of nitrogens with one attached hydrogen (secondary N) is 1. The lowest BCUT2D eigenvalue weighted by atomic mass is 10.1. The van der Waals surface area contributed by atoms with E-state index >= 15 is 0 Å². The number of carbonyl (C=O) groups excluding carboxylic acids is 2. The number of alkyl halides is 3. The highest BCUT2D eigenvalue weighted by Gasteiger charge is 2.37. The molecule has 1 heterocycles. The predicted molar refractivity (Wildman–Crippen MR) is 87.3 cm³/mol. The minimum absolute atomic E-state index is 0.120. The van der Waals surface area contributed by atoms with Crippen LogP contribution < -0.4 is 5.43 Å². The molecule has 0 saturated carbocycles. The standard InChI is InChI=1S/C15H10F3N3O4S/c16-15(17,18)13(8-11(22)12-2-1-7-26-12)19-20-14(23)9-3-5-10(6-4-9)21(24)25/h1-7H,8H2,(H,20,23)/b19-13-. The van der Waals surface area contributed by atoms with Crippen LogP contribution in [0.25, 0.3) is 0 Å². The minimum atomic E-state index is -4.91. The first-order valence-corrected chi connectivity index (χ1v) is 7.81. The average Bonchev–Trinajstić information content (AvgIpc) is 3.11. The fraction of sp³-hybridized carbons (Fsp3) is 0.133. The molecule has 0 unspecified atom stereocenters. The minimum Gasteiger partial charge on any atom is -0.293 e. The second-order valence-corrected chi connectivity index (χ2v) is 5.83. The third-order valence-corrected chi connectivity index (χ3v) is 3.99. The van der Waals surface area contributed by atoms with Gasteiger partial charge in [0.2, 0.25) is 0 Å². The first-order chi connectivity index (χ1) is 12.2. The van der Waals surface area contributed by atoms with E-state index in [4.69, 9.17) is 0 Å². The molecule has 0 saturated heterocycles. The first kappa shape index (κ1) is 19.2. The Morgan fingerprint density at radius 1 is 1.19 bits per heavy atom. The molecule has 11 heteroatoms. The van der Waals surface area contributed by atoms with Gasteiger partial charge in [-0.1, -0.05) is 6.07 Å². The molecule has 0 aliphatic carbocycles. The summed E-state index contributed by atoms with van der Waals surface area (Å²) in [6.07, 6.45) is -5.93. The predicted octanol–water partition coefficient (Wildman–Crippen LogP) is 3.58. The highest BCUT2D eigenvalue weighted by atomic mass is 32.1. The van der Waals surface area contributed by atoms with Crippen LogP contribution in [0.3, 0.4) is 0 Å². The summed E-state index contributed by atoms with van der Waals surface area (Å²) < 4.78 is 39.0. The van der Waals surface area contributed by atoms with Crippen LogP contribution >= 0.6 is 11.3 Å². The van der Waals surface area contributed by atoms with Crippen molar-refractivity contribution in [2.24, 2.45) is 5.10 Å². The van der Waals surface area contributed by atoms with Gasteiger partial charge in [0.1, 0.15) is 5.71 Å². The van der Waals surface area contributed by atoms with E-state index < -0.39 is 34.9 Å². The number of carbonyl (C=O) groups is 2. The molecular formula is C15H10F3N3O4S. The lowest BCUT2D eigenvalue weighted by Gasteiger charge is -2.10. The van der Waals surface area contributed by atoms with Crippen LogP contribution in [0.2, 0.25) is 0 Å². The maximum absolute atomic E-state index is 13.0. The molecule has 0 spiro atoms. The van der Waals surface area contributed by atoms with Gasteiger partial charge in [-0.05, 0) is 23.6 Å². The Balaban J connectivity index is 2.13. The molecule has 0 radical (unpaired) electrons. The second kappa shape index (κ2) is 7.87. The molecule has 0 bridgehead atoms. The smallest absolute Gasteiger partial charge is 0.293 e. The summed E-state index contributed by atoms with van der Waals surface area (Å²) in [6, 6.07) is 7.13. The fourth-order valence-corrected chi connectivity index (χ4v) is 2.46. The summed E-state index contributed by atoms with van der Waals surface area (Å²) in [5, 5.41) is 15.1. The zero-order chi connectivity index (χ0) is 19.3. The number of ketones is 1. The quantitative estimate of drug-likeness (QED) is 0.355. The van der Waals surface area contributed by atoms with Crippen molar-refractivity contribution in [1.82, 2.24) is 5.43 Å². The summed E-state index contributed by atoms with van der Waals surface area (Å²) >= 11 is 0.994. The normalized spacial score (nSPS) is 11.9. The number of non-ortho nitro benzene ring substituents is 1. The SMILES string of the molecule is O=C(N/N=C(/CC(=O)c1cccs1)C(F)(F)F)c1ccc([N+](=O)[O-])cc1. The van der Waals surface area contributed by atoms with Gasteiger partial charge in [0.05, 0.1) is 16.2 Å². The number of nitro benzene ring substituents is 1. The number of hydrogen-bond donors (Lipinski definition) is 1. The van der Waals surface area contributed by atoms with E-state index in [1.54, 1.807) is 10.8 Å². The summed E-state index contributed by atoms with van der Waals surface area (Å²) in [4.78, 5) is 33.7. The van der Waals surface area contributed by atoms with Crippen LogP contribution in [0.1, 0.15) is 26.5 Å². The van der Waals surface area contributed by atoms with Crippen molar-refractivity contribution in [1.29, 1.82) is 0 Å². The van der Waals surface area contributed by atoms with E-state index in [-0.39, 0.29) is 16.1 Å². The van der Waals surface area contributed by atoms with Crippen LogP contribution in [0.4, 0.5) is 18.9 Å². The van der Waals surface area contributed by atoms with Crippen molar-refractivity contribution in [2.75, 3.05) is 0 Å². The number of hydrogen-bond acceptors (Lipinski definition) is 6. The van der Waals surface area contributed by atoms with Crippen LogP contribution in [0.5, 0.6) is 0 Å². The molecule has 0 fully saturated rings. The Hall–Kier alpha value is -3.08. The number of nitrogens with zero attached hydrogens (tertiary/aromatic N) is 2. The van der Waals surface area contributed by atoms with E-state index in [9.17, 15) is 32.9 Å². The number of rotatable bonds is 6. The summed E-state index contributed by atoms with van der Waals surface area (Å²) in [5.74, 6) is -1.77. The van der Waals surface area contributed by atoms with Crippen LogP contribution in [-0.2, 0) is 0 Å². The molecule has 1 aromatic carbocycles. The highest BCUT2D eigenvalue weighted by molar-refractivity contribution is 7.12. The largest absolute Gasteiger partial charge is 0.431 e. The van der Waals surface area contributed by atoms with Crippen molar-refractivity contribution in [3.05, 3.63) is 62.3 Å². The van der Waals surface area contributed by atoms with Crippen LogP contribution in [0, 0.1) is 10.1 Å². The van der Waals surface area contributed by atoms with Gasteiger partial charge in [-0.3, -0.25) is 19.7 Å². The van der Waals surface area contributed by atoms with Gasteiger partial charge in [0.25, 0.3) is 11.6 Å². The van der Waals surface area contributed by atoms with Crippen molar-refractivity contribution in [2.45, 2.75) is 12.6 Å². The molecule has 1 amide bonds. The van der Waals surface area contributed by atoms with E-state index in [0.29, 0.717) is 0 Å². The van der Waals surface area contributed by atoms with Crippen LogP contribution in [-0.4, -0.2) is 28.5 Å². The lowest BCUT2D eigenvalue weighted by molar-refractivity contribution is -0.384. The maximum Gasteiger partial charge on any atom is 0.431 e. The number of nitro groups is 1. The van der Waals surface area contributed by atoms with E-state index in [1.165, 1.54) is 12.1 Å². The number of hydrazone groups is 1. The Bertz CT molecular complexity index is 846. The van der Waals surface area contributed by atoms with Gasteiger partial charge in [-0.25, -0.2) is 5.43 Å². The molecule has 0 aliphatic rings. The van der Waals surface area contributed by atoms with Gasteiger partial charge in [-0.15, -0.1) is 11.3 Å². The zero-order valence-corrected chi connectivity index (χ0v) is 13.6. The summed E-state index contributed by atoms with van der Waals surface area (Å²) in [5.41, 5.74) is -0.133. The highest BCUT2D eigenvalue weighted by Crippen LogP contribution is 2.22. The molecular weight excluding hydrogens is 375 g/mol. The lowest BCUT2D eigenvalue weighted by Crippen LogP contribution is -2.30. The topological polar surface area (TPSA) is 102 Å². The average molecular weight is 385 g/mol. The fourth-order valence-electron chi connectivity index (χ4n) is 1.80. The maximum atomic E-state index is 13.0. The molecule has 1 N–H and O–H groups in total. The molecule has 0 aliphatic heterocycles. The molecule has 0 atom stereocenters. The Labute approximate surface area is 148 Å². The van der Waals surface area contributed by atoms with Gasteiger partial charge >= 0.3 is 6.18 Å². The zero-order valence-electron chi connectivity index (χ0n) is 12.8. The molecule has 2 rings (SSSR count). The first-order valence-electron chi connectivity index (χ1n) is 6.93. The van der Waals surface area contributed by atoms with Crippen molar-refractivity contribution >= 4 is 34.4 Å². The monoisotopic (exact) mass is 385 g/mol. The number of halogens is 3. The third-order valence-electron chi connectivity index (χ3n) is 3.08. The van der Waals surface area contributed by atoms with Gasteiger partial charge < -0.3 is 0 Å². The van der Waals surface area contributed by atoms with E-state index in [1.807, 2.05) is 0 Å². The second-order valence-electron chi connectivity index (χ2n) is 4.88. The summed E-state index contributed by atoms with van der Waals surface area (Å²) in [7, 11) is 0. The Morgan fingerprint density at radius 2 is 1.85 bits per heavy atom. The van der Waals surface area contributed by atoms with Crippen LogP contribution in [0.15, 0.2) is 46.9 Å². The Kier molecular flexibility index (Phi) is 5.82. The van der Waals surface area contributed by atoms with Gasteiger partial charge in [0, 0.05) is 17.7 Å². The third kappa shape index (κ3) is 4.96. The van der Waals surface area contributed by atoms with Crippen molar-refractivity contribution < 1.29 is 27.7 Å². The molecule has 1 aromatic heterocycles. The van der Waals surface area contributed by atoms with E-state index in [2.05, 4.69) is 5.10 Å². The van der Waals surface area contributed by atoms with Gasteiger partial charge in [-0.2, -0.15) is 18.3 Å². The van der Waals surface area contributed by atoms with E-state index in [0.717, 1.165) is 35.6 Å². The van der Waals surface area contributed by atoms with Crippen molar-refractivity contribution in [3.8, 4) is 0 Å². The number of thiophene rings is 1. The molecule has 7 nitrogen and oxygen atoms in total. The number of benzene rings is 1. The molecule has 2 aromatic rings. The Morgan fingerprint density at radius 3 is 2.35 bits per heavy atom. The molecule has 26 heavy (non-hydrogen) atoms. The summed E-state index contributed by atoms with van der Waals surface area (Å²) in [6.45, 7) is 0. The number of amides is 1. The van der Waals surface area contributed by atoms with Gasteiger partial charge in [0.15, 0.2) is 5.78 Å². The number of Topliss-reactive ketones (excluding diaryl/α,β-unsaturated/α-hetero) is 1.